The van der Waals surface area contributed by atoms with Crippen molar-refractivity contribution in [1.29, 1.82) is 0 Å². The lowest BCUT2D eigenvalue weighted by atomic mass is 9.96. The summed E-state index contributed by atoms with van der Waals surface area (Å²) in [6, 6.07) is 5.43. The molecule has 0 saturated heterocycles. The van der Waals surface area contributed by atoms with E-state index in [-0.39, 0.29) is 5.92 Å². The Hall–Kier alpha value is -3.33. The van der Waals surface area contributed by atoms with Gasteiger partial charge in [-0.2, -0.15) is 4.68 Å². The first-order valence-electron chi connectivity index (χ1n) is 8.49. The van der Waals surface area contributed by atoms with E-state index in [4.69, 9.17) is 11.6 Å². The lowest BCUT2D eigenvalue weighted by Gasteiger charge is -2.15. The van der Waals surface area contributed by atoms with Crippen molar-refractivity contribution in [3.05, 3.63) is 64.4 Å². The van der Waals surface area contributed by atoms with E-state index in [0.717, 1.165) is 0 Å². The fourth-order valence-electron chi connectivity index (χ4n) is 3.60. The van der Waals surface area contributed by atoms with E-state index in [1.54, 1.807) is 24.3 Å². The number of hydrogen-bond acceptors (Lipinski definition) is 6. The molecular formula is C18H15ClN6O3. The van der Waals surface area contributed by atoms with Crippen LogP contribution in [0.2, 0.25) is 5.02 Å². The van der Waals surface area contributed by atoms with Gasteiger partial charge in [-0.1, -0.05) is 17.7 Å². The number of rotatable bonds is 5. The highest BCUT2D eigenvalue weighted by atomic mass is 35.5. The molecule has 142 valence electrons. The first-order valence-corrected chi connectivity index (χ1v) is 8.87. The minimum atomic E-state index is -1.06. The number of carboxylic acids is 1. The van der Waals surface area contributed by atoms with Crippen LogP contribution < -0.4 is 5.56 Å². The van der Waals surface area contributed by atoms with Crippen LogP contribution in [0.4, 0.5) is 0 Å². The maximum atomic E-state index is 12.8. The highest BCUT2D eigenvalue weighted by Crippen LogP contribution is 2.34. The van der Waals surface area contributed by atoms with Crippen LogP contribution in [0.5, 0.6) is 0 Å². The van der Waals surface area contributed by atoms with Gasteiger partial charge >= 0.3 is 5.97 Å². The summed E-state index contributed by atoms with van der Waals surface area (Å²) in [6.07, 6.45) is 3.92. The van der Waals surface area contributed by atoms with E-state index < -0.39 is 17.6 Å². The highest BCUT2D eigenvalue weighted by molar-refractivity contribution is 6.31. The lowest BCUT2D eigenvalue weighted by molar-refractivity contribution is -0.142. The molecule has 1 aromatic carbocycles. The third-order valence-corrected chi connectivity index (χ3v) is 4.98. The van der Waals surface area contributed by atoms with Gasteiger partial charge in [0.05, 0.1) is 11.4 Å². The van der Waals surface area contributed by atoms with E-state index >= 15 is 0 Å². The third-order valence-electron chi connectivity index (χ3n) is 4.75. The summed E-state index contributed by atoms with van der Waals surface area (Å²) in [7, 11) is 0. The predicted octanol–water partition coefficient (Wildman–Crippen LogP) is 1.91. The normalized spacial score (nSPS) is 18.0. The number of hydrogen-bond donors (Lipinski definition) is 1. The predicted molar refractivity (Wildman–Crippen MR) is 100 cm³/mol. The second-order valence-electron chi connectivity index (χ2n) is 6.45. The topological polar surface area (TPSA) is 116 Å². The second kappa shape index (κ2) is 7.01. The number of carbonyl (C=O) groups is 1. The minimum absolute atomic E-state index is 0.274. The fourth-order valence-corrected chi connectivity index (χ4v) is 3.77. The Labute approximate surface area is 163 Å². The molecule has 0 aliphatic carbocycles. The Kier molecular flexibility index (Phi) is 4.52. The molecule has 0 saturated carbocycles. The molecule has 10 heteroatoms. The molecule has 4 rings (SSSR count). The lowest BCUT2D eigenvalue weighted by Crippen LogP contribution is -2.30. The maximum Gasteiger partial charge on any atom is 0.327 e. The summed E-state index contributed by atoms with van der Waals surface area (Å²) >= 11 is 6.15. The van der Waals surface area contributed by atoms with Gasteiger partial charge in [-0.05, 0) is 35.0 Å². The highest BCUT2D eigenvalue weighted by Gasteiger charge is 2.38. The Morgan fingerprint density at radius 3 is 2.89 bits per heavy atom. The number of halogens is 1. The largest absolute Gasteiger partial charge is 0.480 e. The van der Waals surface area contributed by atoms with E-state index in [0.29, 0.717) is 40.6 Å². The number of aromatic nitrogens is 6. The molecule has 3 aromatic rings. The van der Waals surface area contributed by atoms with Crippen LogP contribution in [-0.2, 0) is 11.2 Å². The van der Waals surface area contributed by atoms with Gasteiger partial charge in [0.1, 0.15) is 18.2 Å². The summed E-state index contributed by atoms with van der Waals surface area (Å²) < 4.78 is 2.69. The zero-order valence-corrected chi connectivity index (χ0v) is 15.3. The van der Waals surface area contributed by atoms with Gasteiger partial charge in [-0.3, -0.25) is 9.36 Å². The number of benzene rings is 1. The molecule has 0 bridgehead atoms. The molecule has 1 aliphatic heterocycles. The van der Waals surface area contributed by atoms with Crippen molar-refractivity contribution in [2.75, 3.05) is 0 Å². The van der Waals surface area contributed by atoms with E-state index in [9.17, 15) is 14.7 Å². The number of carboxylic acid groups (broad SMARTS) is 1. The van der Waals surface area contributed by atoms with Gasteiger partial charge in [-0.15, -0.1) is 11.7 Å². The molecule has 28 heavy (non-hydrogen) atoms. The average Bonchev–Trinajstić information content (AvgIpc) is 3.29. The number of fused-ring (bicyclic) bond motifs is 1. The number of allylic oxidation sites excluding steroid dienone is 1. The van der Waals surface area contributed by atoms with Gasteiger partial charge in [0.25, 0.3) is 5.56 Å². The Bertz CT molecular complexity index is 1120. The van der Waals surface area contributed by atoms with Crippen LogP contribution in [0.15, 0.2) is 48.0 Å². The van der Waals surface area contributed by atoms with Crippen LogP contribution >= 0.6 is 11.6 Å². The minimum Gasteiger partial charge on any atom is -0.480 e. The molecule has 0 unspecified atom stereocenters. The van der Waals surface area contributed by atoms with Gasteiger partial charge in [0.2, 0.25) is 0 Å². The first kappa shape index (κ1) is 18.1. The molecular weight excluding hydrogens is 384 g/mol. The Morgan fingerprint density at radius 1 is 1.39 bits per heavy atom. The number of tetrazole rings is 1. The van der Waals surface area contributed by atoms with Crippen molar-refractivity contribution < 1.29 is 9.90 Å². The molecule has 0 spiro atoms. The van der Waals surface area contributed by atoms with Gasteiger partial charge < -0.3 is 5.11 Å². The molecule has 0 fully saturated rings. The van der Waals surface area contributed by atoms with Crippen LogP contribution in [0.1, 0.15) is 18.3 Å². The summed E-state index contributed by atoms with van der Waals surface area (Å²) in [4.78, 5) is 29.1. The molecule has 2 aromatic heterocycles. The smallest absolute Gasteiger partial charge is 0.327 e. The van der Waals surface area contributed by atoms with Crippen LogP contribution in [0, 0.1) is 5.92 Å². The zero-order chi connectivity index (χ0) is 19.8. The van der Waals surface area contributed by atoms with E-state index in [1.807, 2.05) is 0 Å². The Balaban J connectivity index is 1.88. The third kappa shape index (κ3) is 2.99. The van der Waals surface area contributed by atoms with Gasteiger partial charge in [-0.25, -0.2) is 9.78 Å². The second-order valence-corrected chi connectivity index (χ2v) is 6.89. The maximum absolute atomic E-state index is 12.8. The molecule has 9 nitrogen and oxygen atoms in total. The first-order chi connectivity index (χ1) is 13.5. The monoisotopic (exact) mass is 398 g/mol. The van der Waals surface area contributed by atoms with Crippen molar-refractivity contribution in [1.82, 2.24) is 29.8 Å². The quantitative estimate of drug-likeness (QED) is 0.652. The standard InChI is InChI=1S/C18H15ClN6O3/c1-2-3-10-6-15-21-13(8-16(26)25(15)17(10)18(27)28)12-7-11(19)4-5-14(12)24-9-20-22-23-24/h2,4-5,7-10,17H,1,3,6H2,(H,27,28)/t10-,17-/m0/s1. The van der Waals surface area contributed by atoms with Crippen molar-refractivity contribution in [2.45, 2.75) is 18.9 Å². The fraction of sp³-hybridized carbons (Fsp3) is 0.222. The van der Waals surface area contributed by atoms with Crippen molar-refractivity contribution >= 4 is 17.6 Å². The average molecular weight is 399 g/mol. The van der Waals surface area contributed by atoms with Gasteiger partial charge in [0, 0.05) is 29.0 Å². The summed E-state index contributed by atoms with van der Waals surface area (Å²) in [5.74, 6) is -0.910. The van der Waals surface area contributed by atoms with E-state index in [2.05, 4.69) is 27.1 Å². The summed E-state index contributed by atoms with van der Waals surface area (Å²) in [5.41, 5.74) is 1.12. The van der Waals surface area contributed by atoms with Crippen LogP contribution in [0.3, 0.4) is 0 Å². The van der Waals surface area contributed by atoms with Crippen LogP contribution in [-0.4, -0.2) is 40.8 Å². The van der Waals surface area contributed by atoms with Gasteiger partial charge in [0.15, 0.2) is 0 Å². The number of aliphatic carboxylic acids is 1. The molecule has 1 aliphatic rings. The summed E-state index contributed by atoms with van der Waals surface area (Å²) in [5, 5.41) is 21.2. The van der Waals surface area contributed by atoms with E-state index in [1.165, 1.54) is 21.6 Å². The molecule has 0 radical (unpaired) electrons. The molecule has 2 atom stereocenters. The van der Waals surface area contributed by atoms with Crippen molar-refractivity contribution in [3.63, 3.8) is 0 Å². The Morgan fingerprint density at radius 2 is 2.21 bits per heavy atom. The van der Waals surface area contributed by atoms with Crippen LogP contribution in [0.25, 0.3) is 16.9 Å². The SMILES string of the molecule is C=CC[C@H]1Cc2nc(-c3cc(Cl)ccc3-n3cnnn3)cc(=O)n2[C@@H]1C(=O)O. The van der Waals surface area contributed by atoms with Crippen molar-refractivity contribution in [3.8, 4) is 16.9 Å². The number of nitrogens with zero attached hydrogens (tertiary/aromatic N) is 6. The molecule has 0 amide bonds. The molecule has 3 heterocycles. The van der Waals surface area contributed by atoms with Crippen molar-refractivity contribution in [2.24, 2.45) is 5.92 Å². The summed E-state index contributed by atoms with van der Waals surface area (Å²) in [6.45, 7) is 3.68. The molecule has 1 N–H and O–H groups in total. The zero-order valence-electron chi connectivity index (χ0n) is 14.6.